The van der Waals surface area contributed by atoms with E-state index in [2.05, 4.69) is 9.71 Å². The predicted molar refractivity (Wildman–Crippen MR) is 92.6 cm³/mol. The maximum Gasteiger partial charge on any atom is 0.257 e. The zero-order valence-corrected chi connectivity index (χ0v) is 14.9. The van der Waals surface area contributed by atoms with Gasteiger partial charge < -0.3 is 9.80 Å². The van der Waals surface area contributed by atoms with Crippen LogP contribution in [0.15, 0.2) is 18.3 Å². The molecule has 24 heavy (non-hydrogen) atoms. The number of pyridine rings is 1. The second-order valence-corrected chi connectivity index (χ2v) is 8.74. The molecule has 8 heteroatoms. The van der Waals surface area contributed by atoms with E-state index in [0.29, 0.717) is 11.4 Å². The zero-order chi connectivity index (χ0) is 17.3. The number of hydrogen-bond donors (Lipinski definition) is 1. The SMILES string of the molecule is CN(C)c1ncccc1C(=O)N1CC(S(=O)(=O)NC2CCCC2)C1. The number of hydrogen-bond acceptors (Lipinski definition) is 5. The van der Waals surface area contributed by atoms with E-state index >= 15 is 0 Å². The Hall–Kier alpha value is -1.67. The Morgan fingerprint density at radius 2 is 1.96 bits per heavy atom. The van der Waals surface area contributed by atoms with Crippen molar-refractivity contribution in [3.63, 3.8) is 0 Å². The lowest BCUT2D eigenvalue weighted by atomic mass is 10.1. The van der Waals surface area contributed by atoms with Crippen LogP contribution >= 0.6 is 0 Å². The van der Waals surface area contributed by atoms with E-state index in [1.807, 2.05) is 14.1 Å². The molecule has 0 spiro atoms. The summed E-state index contributed by atoms with van der Waals surface area (Å²) in [6.45, 7) is 0.477. The highest BCUT2D eigenvalue weighted by Gasteiger charge is 2.41. The molecule has 2 aliphatic rings. The number of nitrogens with one attached hydrogen (secondary N) is 1. The number of carbonyl (C=O) groups excluding carboxylic acids is 1. The van der Waals surface area contributed by atoms with Crippen LogP contribution in [0.3, 0.4) is 0 Å². The molecule has 0 unspecified atom stereocenters. The van der Waals surface area contributed by atoms with Crippen molar-refractivity contribution in [2.75, 3.05) is 32.1 Å². The highest BCUT2D eigenvalue weighted by Crippen LogP contribution is 2.24. The largest absolute Gasteiger partial charge is 0.362 e. The summed E-state index contributed by atoms with van der Waals surface area (Å²) in [5.74, 6) is 0.428. The molecule has 2 fully saturated rings. The molecule has 0 bridgehead atoms. The molecule has 1 N–H and O–H groups in total. The average molecular weight is 352 g/mol. The number of anilines is 1. The molecule has 1 amide bonds. The van der Waals surface area contributed by atoms with Gasteiger partial charge in [0.05, 0.1) is 5.56 Å². The van der Waals surface area contributed by atoms with Crippen LogP contribution in [0.25, 0.3) is 0 Å². The van der Waals surface area contributed by atoms with Crippen LogP contribution in [-0.2, 0) is 10.0 Å². The summed E-state index contributed by atoms with van der Waals surface area (Å²) in [6, 6.07) is 3.51. The fourth-order valence-electron chi connectivity index (χ4n) is 3.26. The van der Waals surface area contributed by atoms with Crippen molar-refractivity contribution in [2.24, 2.45) is 0 Å². The molecule has 0 radical (unpaired) electrons. The lowest BCUT2D eigenvalue weighted by Gasteiger charge is -2.39. The van der Waals surface area contributed by atoms with Crippen molar-refractivity contribution in [3.8, 4) is 0 Å². The lowest BCUT2D eigenvalue weighted by Crippen LogP contribution is -2.60. The number of likely N-dealkylation sites (tertiary alicyclic amines) is 1. The van der Waals surface area contributed by atoms with Crippen LogP contribution in [0.4, 0.5) is 5.82 Å². The van der Waals surface area contributed by atoms with Gasteiger partial charge in [-0.3, -0.25) is 4.79 Å². The predicted octanol–water partition coefficient (Wildman–Crippen LogP) is 0.834. The number of nitrogens with zero attached hydrogens (tertiary/aromatic N) is 3. The molecule has 132 valence electrons. The molecule has 1 saturated carbocycles. The lowest BCUT2D eigenvalue weighted by molar-refractivity contribution is 0.0658. The highest BCUT2D eigenvalue weighted by atomic mass is 32.2. The minimum absolute atomic E-state index is 0.0680. The Morgan fingerprint density at radius 1 is 1.29 bits per heavy atom. The molecule has 1 saturated heterocycles. The fourth-order valence-corrected chi connectivity index (χ4v) is 4.91. The quantitative estimate of drug-likeness (QED) is 0.849. The molecular weight excluding hydrogens is 328 g/mol. The third kappa shape index (κ3) is 3.39. The minimum atomic E-state index is -3.35. The number of amides is 1. The fraction of sp³-hybridized carbons (Fsp3) is 0.625. The Balaban J connectivity index is 1.63. The number of aromatic nitrogens is 1. The highest BCUT2D eigenvalue weighted by molar-refractivity contribution is 7.90. The van der Waals surface area contributed by atoms with E-state index in [1.165, 1.54) is 0 Å². The summed E-state index contributed by atoms with van der Waals surface area (Å²) in [7, 11) is 0.303. The summed E-state index contributed by atoms with van der Waals surface area (Å²) in [5.41, 5.74) is 0.502. The Morgan fingerprint density at radius 3 is 2.58 bits per heavy atom. The van der Waals surface area contributed by atoms with E-state index < -0.39 is 15.3 Å². The third-order valence-electron chi connectivity index (χ3n) is 4.70. The van der Waals surface area contributed by atoms with Gasteiger partial charge in [0.1, 0.15) is 11.1 Å². The Labute approximate surface area is 143 Å². The van der Waals surface area contributed by atoms with E-state index in [-0.39, 0.29) is 25.0 Å². The molecule has 1 aromatic rings. The monoisotopic (exact) mass is 352 g/mol. The normalized spacial score (nSPS) is 19.3. The Kier molecular flexibility index (Phi) is 4.78. The van der Waals surface area contributed by atoms with Gasteiger partial charge in [-0.05, 0) is 25.0 Å². The van der Waals surface area contributed by atoms with Crippen molar-refractivity contribution in [1.82, 2.24) is 14.6 Å². The van der Waals surface area contributed by atoms with Crippen molar-refractivity contribution in [1.29, 1.82) is 0 Å². The van der Waals surface area contributed by atoms with Gasteiger partial charge in [-0.1, -0.05) is 12.8 Å². The summed E-state index contributed by atoms with van der Waals surface area (Å²) in [5, 5.41) is -0.512. The van der Waals surface area contributed by atoms with Gasteiger partial charge in [0.25, 0.3) is 5.91 Å². The molecule has 1 aliphatic heterocycles. The average Bonchev–Trinajstić information content (AvgIpc) is 2.97. The second-order valence-electron chi connectivity index (χ2n) is 6.75. The second kappa shape index (κ2) is 6.68. The zero-order valence-electron chi connectivity index (χ0n) is 14.1. The summed E-state index contributed by atoms with van der Waals surface area (Å²) in [6.07, 6.45) is 5.63. The van der Waals surface area contributed by atoms with E-state index in [9.17, 15) is 13.2 Å². The van der Waals surface area contributed by atoms with Crippen LogP contribution in [-0.4, -0.2) is 62.7 Å². The van der Waals surface area contributed by atoms with Crippen LogP contribution in [0.1, 0.15) is 36.0 Å². The van der Waals surface area contributed by atoms with Crippen molar-refractivity contribution in [2.45, 2.75) is 37.0 Å². The van der Waals surface area contributed by atoms with Gasteiger partial charge in [0.2, 0.25) is 10.0 Å². The minimum Gasteiger partial charge on any atom is -0.362 e. The molecular formula is C16H24N4O3S. The van der Waals surface area contributed by atoms with Crippen LogP contribution in [0, 0.1) is 0 Å². The molecule has 7 nitrogen and oxygen atoms in total. The first kappa shape index (κ1) is 17.2. The molecule has 2 heterocycles. The topological polar surface area (TPSA) is 82.6 Å². The summed E-state index contributed by atoms with van der Waals surface area (Å²) >= 11 is 0. The van der Waals surface area contributed by atoms with Gasteiger partial charge >= 0.3 is 0 Å². The number of sulfonamides is 1. The van der Waals surface area contributed by atoms with E-state index in [1.54, 1.807) is 28.1 Å². The Bertz CT molecular complexity index is 708. The molecule has 1 aliphatic carbocycles. The van der Waals surface area contributed by atoms with Crippen molar-refractivity contribution < 1.29 is 13.2 Å². The van der Waals surface area contributed by atoms with Gasteiger partial charge in [-0.2, -0.15) is 0 Å². The van der Waals surface area contributed by atoms with Crippen LogP contribution in [0.5, 0.6) is 0 Å². The van der Waals surface area contributed by atoms with Gasteiger partial charge in [-0.25, -0.2) is 18.1 Å². The van der Waals surface area contributed by atoms with Gasteiger partial charge in [-0.15, -0.1) is 0 Å². The first-order valence-electron chi connectivity index (χ1n) is 8.31. The summed E-state index contributed by atoms with van der Waals surface area (Å²) < 4.78 is 27.6. The molecule has 0 aromatic carbocycles. The van der Waals surface area contributed by atoms with Crippen molar-refractivity contribution in [3.05, 3.63) is 23.9 Å². The van der Waals surface area contributed by atoms with Gasteiger partial charge in [0, 0.05) is 39.4 Å². The molecule has 0 atom stereocenters. The maximum absolute atomic E-state index is 12.6. The number of rotatable bonds is 5. The smallest absolute Gasteiger partial charge is 0.257 e. The van der Waals surface area contributed by atoms with E-state index in [4.69, 9.17) is 0 Å². The standard InChI is InChI=1S/C16H24N4O3S/c1-19(2)15-14(8-5-9-17-15)16(21)20-10-13(11-20)24(22,23)18-12-6-3-4-7-12/h5,8-9,12-13,18H,3-4,6-7,10-11H2,1-2H3. The maximum atomic E-state index is 12.6. The molecule has 1 aromatic heterocycles. The van der Waals surface area contributed by atoms with Gasteiger partial charge in [0.15, 0.2) is 0 Å². The molecule has 3 rings (SSSR count). The summed E-state index contributed by atoms with van der Waals surface area (Å²) in [4.78, 5) is 20.2. The number of carbonyl (C=O) groups is 1. The van der Waals surface area contributed by atoms with E-state index in [0.717, 1.165) is 25.7 Å². The van der Waals surface area contributed by atoms with Crippen LogP contribution < -0.4 is 9.62 Å². The first-order valence-corrected chi connectivity index (χ1v) is 9.86. The third-order valence-corrected chi connectivity index (χ3v) is 6.54. The first-order chi connectivity index (χ1) is 11.4. The van der Waals surface area contributed by atoms with Crippen molar-refractivity contribution >= 4 is 21.7 Å². The van der Waals surface area contributed by atoms with Crippen LogP contribution in [0.2, 0.25) is 0 Å².